The molecule has 0 aliphatic carbocycles. The van der Waals surface area contributed by atoms with E-state index in [-0.39, 0.29) is 6.67 Å². The lowest BCUT2D eigenvalue weighted by Gasteiger charge is -2.24. The Morgan fingerprint density at radius 2 is 1.90 bits per heavy atom. The van der Waals surface area contributed by atoms with Crippen molar-refractivity contribution >= 4 is 11.4 Å². The zero-order chi connectivity index (χ0) is 13.9. The molecule has 1 aliphatic heterocycles. The van der Waals surface area contributed by atoms with Crippen LogP contribution in [0.5, 0.6) is 5.75 Å². The molecule has 1 aliphatic rings. The van der Waals surface area contributed by atoms with Crippen LogP contribution in [0, 0.1) is 0 Å². The summed E-state index contributed by atoms with van der Waals surface area (Å²) in [6, 6.07) is 15.7. The van der Waals surface area contributed by atoms with Gasteiger partial charge in [-0.3, -0.25) is 10.2 Å². The van der Waals surface area contributed by atoms with Crippen molar-refractivity contribution in [2.24, 2.45) is 4.99 Å². The quantitative estimate of drug-likeness (QED) is 0.931. The molecule has 0 radical (unpaired) electrons. The first kappa shape index (κ1) is 12.7. The van der Waals surface area contributed by atoms with E-state index in [4.69, 9.17) is 4.74 Å². The van der Waals surface area contributed by atoms with Crippen LogP contribution in [0.4, 0.5) is 5.69 Å². The second kappa shape index (κ2) is 5.35. The number of hydroxylamine groups is 1. The van der Waals surface area contributed by atoms with Gasteiger partial charge in [-0.1, -0.05) is 30.3 Å². The Morgan fingerprint density at radius 1 is 1.15 bits per heavy atom. The van der Waals surface area contributed by atoms with Gasteiger partial charge in [-0.25, -0.2) is 5.06 Å². The summed E-state index contributed by atoms with van der Waals surface area (Å²) >= 11 is 0. The van der Waals surface area contributed by atoms with Crippen molar-refractivity contribution in [1.29, 1.82) is 0 Å². The van der Waals surface area contributed by atoms with Crippen molar-refractivity contribution in [2.45, 2.75) is 6.42 Å². The van der Waals surface area contributed by atoms with Crippen LogP contribution < -0.4 is 9.80 Å². The fraction of sp³-hybridized carbons (Fsp3) is 0.188. The standard InChI is InChI=1S/C16H16N2O2/c1-20-13-8-6-12(7-9-13)10-15-14-4-2-3-5-16(14)18(19)11-17-15/h2-9,19H,10-11H2,1H3. The number of methoxy groups -OCH3 is 1. The molecule has 0 atom stereocenters. The summed E-state index contributed by atoms with van der Waals surface area (Å²) in [6.45, 7) is 0.280. The van der Waals surface area contributed by atoms with Crippen molar-refractivity contribution in [2.75, 3.05) is 18.8 Å². The van der Waals surface area contributed by atoms with E-state index in [1.165, 1.54) is 10.6 Å². The molecule has 0 unspecified atom stereocenters. The van der Waals surface area contributed by atoms with E-state index in [1.54, 1.807) is 7.11 Å². The summed E-state index contributed by atoms with van der Waals surface area (Å²) in [5.41, 5.74) is 3.96. The largest absolute Gasteiger partial charge is 0.497 e. The van der Waals surface area contributed by atoms with Crippen molar-refractivity contribution in [3.63, 3.8) is 0 Å². The van der Waals surface area contributed by atoms with Crippen LogP contribution in [-0.4, -0.2) is 24.7 Å². The maximum atomic E-state index is 9.82. The minimum absolute atomic E-state index is 0.280. The molecule has 0 fully saturated rings. The first-order chi connectivity index (χ1) is 9.78. The fourth-order valence-corrected chi connectivity index (χ4v) is 2.34. The number of hydrogen-bond donors (Lipinski definition) is 1. The second-order valence-electron chi connectivity index (χ2n) is 4.69. The van der Waals surface area contributed by atoms with Crippen LogP contribution in [0.2, 0.25) is 0 Å². The molecular weight excluding hydrogens is 252 g/mol. The van der Waals surface area contributed by atoms with Gasteiger partial charge in [0.2, 0.25) is 0 Å². The second-order valence-corrected chi connectivity index (χ2v) is 4.69. The molecule has 0 spiro atoms. The molecule has 2 aromatic rings. The third-order valence-corrected chi connectivity index (χ3v) is 3.42. The highest BCUT2D eigenvalue weighted by atomic mass is 16.5. The topological polar surface area (TPSA) is 45.1 Å². The first-order valence-corrected chi connectivity index (χ1v) is 6.50. The smallest absolute Gasteiger partial charge is 0.136 e. The van der Waals surface area contributed by atoms with E-state index in [9.17, 15) is 5.21 Å². The van der Waals surface area contributed by atoms with Crippen LogP contribution in [0.1, 0.15) is 11.1 Å². The number of benzene rings is 2. The Hall–Kier alpha value is -2.33. The van der Waals surface area contributed by atoms with Crippen molar-refractivity contribution in [1.82, 2.24) is 0 Å². The summed E-state index contributed by atoms with van der Waals surface area (Å²) in [6.07, 6.45) is 0.745. The molecule has 20 heavy (non-hydrogen) atoms. The Kier molecular flexibility index (Phi) is 3.39. The number of para-hydroxylation sites is 1. The van der Waals surface area contributed by atoms with Gasteiger partial charge in [0.1, 0.15) is 12.4 Å². The molecule has 0 saturated heterocycles. The highest BCUT2D eigenvalue weighted by Gasteiger charge is 2.18. The monoisotopic (exact) mass is 268 g/mol. The average molecular weight is 268 g/mol. The predicted octanol–water partition coefficient (Wildman–Crippen LogP) is 2.89. The van der Waals surface area contributed by atoms with Crippen LogP contribution in [0.15, 0.2) is 53.5 Å². The van der Waals surface area contributed by atoms with Gasteiger partial charge in [0.05, 0.1) is 18.5 Å². The van der Waals surface area contributed by atoms with Gasteiger partial charge < -0.3 is 4.74 Å². The fourth-order valence-electron chi connectivity index (χ4n) is 2.34. The third kappa shape index (κ3) is 2.38. The number of hydrogen-bond acceptors (Lipinski definition) is 4. The van der Waals surface area contributed by atoms with Gasteiger partial charge in [-0.05, 0) is 23.8 Å². The van der Waals surface area contributed by atoms with E-state index in [1.807, 2.05) is 48.5 Å². The number of fused-ring (bicyclic) bond motifs is 1. The van der Waals surface area contributed by atoms with Gasteiger partial charge in [-0.15, -0.1) is 0 Å². The van der Waals surface area contributed by atoms with Crippen LogP contribution in [0.25, 0.3) is 0 Å². The Balaban J connectivity index is 1.87. The molecule has 0 bridgehead atoms. The van der Waals surface area contributed by atoms with Gasteiger partial charge >= 0.3 is 0 Å². The summed E-state index contributed by atoms with van der Waals surface area (Å²) < 4.78 is 5.16. The first-order valence-electron chi connectivity index (χ1n) is 6.50. The lowest BCUT2D eigenvalue weighted by molar-refractivity contribution is 0.256. The highest BCUT2D eigenvalue weighted by molar-refractivity contribution is 6.07. The van der Waals surface area contributed by atoms with E-state index in [0.717, 1.165) is 29.1 Å². The van der Waals surface area contributed by atoms with E-state index < -0.39 is 0 Å². The molecule has 0 saturated carbocycles. The minimum atomic E-state index is 0.280. The Labute approximate surface area is 117 Å². The van der Waals surface area contributed by atoms with E-state index in [2.05, 4.69) is 4.99 Å². The number of anilines is 1. The van der Waals surface area contributed by atoms with Gasteiger partial charge in [0.25, 0.3) is 0 Å². The number of aliphatic imine (C=N–C) groups is 1. The molecule has 102 valence electrons. The molecule has 1 N–H and O–H groups in total. The maximum Gasteiger partial charge on any atom is 0.136 e. The van der Waals surface area contributed by atoms with Gasteiger partial charge in [0, 0.05) is 12.0 Å². The molecule has 4 nitrogen and oxygen atoms in total. The highest BCUT2D eigenvalue weighted by Crippen LogP contribution is 2.25. The molecule has 2 aromatic carbocycles. The average Bonchev–Trinajstić information content (AvgIpc) is 2.51. The SMILES string of the molecule is COc1ccc(CC2=NCN(O)c3ccccc32)cc1. The van der Waals surface area contributed by atoms with Crippen molar-refractivity contribution in [3.05, 3.63) is 59.7 Å². The van der Waals surface area contributed by atoms with Crippen LogP contribution >= 0.6 is 0 Å². The predicted molar refractivity (Wildman–Crippen MR) is 78.8 cm³/mol. The maximum absolute atomic E-state index is 9.82. The summed E-state index contributed by atoms with van der Waals surface area (Å²) in [5, 5.41) is 11.0. The van der Waals surface area contributed by atoms with Gasteiger partial charge in [0.15, 0.2) is 0 Å². The molecule has 4 heteroatoms. The Morgan fingerprint density at radius 3 is 2.65 bits per heavy atom. The zero-order valence-corrected chi connectivity index (χ0v) is 11.3. The molecule has 1 heterocycles. The lowest BCUT2D eigenvalue weighted by atomic mass is 9.99. The Bertz CT molecular complexity index is 635. The summed E-state index contributed by atoms with van der Waals surface area (Å²) in [4.78, 5) is 4.45. The van der Waals surface area contributed by atoms with E-state index in [0.29, 0.717) is 0 Å². The summed E-state index contributed by atoms with van der Waals surface area (Å²) in [5.74, 6) is 0.848. The molecule has 0 aromatic heterocycles. The number of rotatable bonds is 3. The zero-order valence-electron chi connectivity index (χ0n) is 11.3. The lowest BCUT2D eigenvalue weighted by Crippen LogP contribution is -2.27. The molecule has 3 rings (SSSR count). The van der Waals surface area contributed by atoms with Crippen LogP contribution in [0.3, 0.4) is 0 Å². The van der Waals surface area contributed by atoms with Crippen LogP contribution in [-0.2, 0) is 6.42 Å². The summed E-state index contributed by atoms with van der Waals surface area (Å²) in [7, 11) is 1.66. The number of nitrogens with zero attached hydrogens (tertiary/aromatic N) is 2. The minimum Gasteiger partial charge on any atom is -0.497 e. The van der Waals surface area contributed by atoms with Crippen molar-refractivity contribution in [3.8, 4) is 5.75 Å². The van der Waals surface area contributed by atoms with E-state index >= 15 is 0 Å². The van der Waals surface area contributed by atoms with Crippen molar-refractivity contribution < 1.29 is 9.94 Å². The third-order valence-electron chi connectivity index (χ3n) is 3.42. The van der Waals surface area contributed by atoms with Gasteiger partial charge in [-0.2, -0.15) is 0 Å². The molecular formula is C16H16N2O2. The normalized spacial score (nSPS) is 13.7. The molecule has 0 amide bonds. The number of ether oxygens (including phenoxy) is 1.